The maximum absolute atomic E-state index is 13.2. The van der Waals surface area contributed by atoms with Gasteiger partial charge in [-0.3, -0.25) is 9.59 Å². The number of benzene rings is 5. The van der Waals surface area contributed by atoms with E-state index in [0.717, 1.165) is 46.6 Å². The molecule has 182 valence electrons. The van der Waals surface area contributed by atoms with Gasteiger partial charge in [0.1, 0.15) is 23.0 Å². The van der Waals surface area contributed by atoms with Gasteiger partial charge in [-0.2, -0.15) is 0 Å². The van der Waals surface area contributed by atoms with Crippen molar-refractivity contribution in [2.75, 3.05) is 0 Å². The first-order valence-corrected chi connectivity index (χ1v) is 12.6. The Bertz CT molecular complexity index is 1620. The molecule has 0 amide bonds. The van der Waals surface area contributed by atoms with Crippen LogP contribution in [-0.4, -0.2) is 11.6 Å². The fourth-order valence-corrected chi connectivity index (χ4v) is 5.13. The van der Waals surface area contributed by atoms with Crippen LogP contribution in [0.25, 0.3) is 0 Å². The average Bonchev–Trinajstić information content (AvgIpc) is 2.97. The van der Waals surface area contributed by atoms with Crippen LogP contribution < -0.4 is 9.47 Å². The predicted octanol–water partition coefficient (Wildman–Crippen LogP) is 7.54. The molecule has 4 heteroatoms. The van der Waals surface area contributed by atoms with E-state index in [4.69, 9.17) is 9.47 Å². The summed E-state index contributed by atoms with van der Waals surface area (Å²) < 4.78 is 12.1. The number of carbonyl (C=O) groups is 2. The minimum atomic E-state index is -0.116. The van der Waals surface area contributed by atoms with Crippen LogP contribution in [0.4, 0.5) is 0 Å². The summed E-state index contributed by atoms with van der Waals surface area (Å²) in [6.45, 7) is 0. The molecule has 2 aliphatic heterocycles. The number of ether oxygens (including phenoxy) is 2. The first-order valence-electron chi connectivity index (χ1n) is 12.6. The smallest absolute Gasteiger partial charge is 0.193 e. The third kappa shape index (κ3) is 3.87. The number of fused-ring (bicyclic) bond motifs is 4. The van der Waals surface area contributed by atoms with Gasteiger partial charge in [0, 0.05) is 35.1 Å². The molecule has 2 heterocycles. The topological polar surface area (TPSA) is 52.6 Å². The van der Waals surface area contributed by atoms with Crippen molar-refractivity contribution in [2.45, 2.75) is 12.8 Å². The highest BCUT2D eigenvalue weighted by Gasteiger charge is 2.21. The standard InChI is InChI=1S/C34H22O4/c35-33(27-15-13-25-17-23-5-1-3-7-29(23)37-31(25)19-27)21-9-11-22(12-10-21)34(36)28-16-14-26-18-24-6-2-4-8-30(24)38-32(26)20-28/h1-16,19-20H,17-18H2. The maximum atomic E-state index is 13.2. The van der Waals surface area contributed by atoms with Gasteiger partial charge in [0.25, 0.3) is 0 Å². The quantitative estimate of drug-likeness (QED) is 0.237. The zero-order valence-corrected chi connectivity index (χ0v) is 20.4. The van der Waals surface area contributed by atoms with Crippen molar-refractivity contribution in [2.24, 2.45) is 0 Å². The molecule has 38 heavy (non-hydrogen) atoms. The number of carbonyl (C=O) groups excluding carboxylic acids is 2. The molecule has 0 fully saturated rings. The van der Waals surface area contributed by atoms with Gasteiger partial charge < -0.3 is 9.47 Å². The summed E-state index contributed by atoms with van der Waals surface area (Å²) in [4.78, 5) is 26.5. The van der Waals surface area contributed by atoms with Crippen LogP contribution in [0, 0.1) is 0 Å². The lowest BCUT2D eigenvalue weighted by Crippen LogP contribution is -2.08. The van der Waals surface area contributed by atoms with Crippen molar-refractivity contribution in [3.63, 3.8) is 0 Å². The van der Waals surface area contributed by atoms with E-state index in [-0.39, 0.29) is 11.6 Å². The van der Waals surface area contributed by atoms with Crippen LogP contribution in [0.2, 0.25) is 0 Å². The fourth-order valence-electron chi connectivity index (χ4n) is 5.13. The van der Waals surface area contributed by atoms with E-state index in [1.807, 2.05) is 60.7 Å². The summed E-state index contributed by atoms with van der Waals surface area (Å²) in [7, 11) is 0. The van der Waals surface area contributed by atoms with Gasteiger partial charge in [-0.15, -0.1) is 0 Å². The molecule has 0 bridgehead atoms. The SMILES string of the molecule is O=C(c1ccc(C(=O)c2ccc3c(c2)Oc2ccccc2C3)cc1)c1ccc2c(c1)Oc1ccccc1C2. The lowest BCUT2D eigenvalue weighted by molar-refractivity contribution is 0.102. The molecule has 7 rings (SSSR count). The van der Waals surface area contributed by atoms with Crippen LogP contribution >= 0.6 is 0 Å². The minimum absolute atomic E-state index is 0.116. The molecule has 5 aromatic carbocycles. The Morgan fingerprint density at radius 3 is 1.24 bits per heavy atom. The minimum Gasteiger partial charge on any atom is -0.457 e. The number of hydrogen-bond donors (Lipinski definition) is 0. The predicted molar refractivity (Wildman–Crippen MR) is 145 cm³/mol. The van der Waals surface area contributed by atoms with Gasteiger partial charge in [-0.25, -0.2) is 0 Å². The molecule has 0 unspecified atom stereocenters. The van der Waals surface area contributed by atoms with Crippen LogP contribution in [0.3, 0.4) is 0 Å². The molecule has 0 aliphatic carbocycles. The van der Waals surface area contributed by atoms with E-state index in [1.54, 1.807) is 36.4 Å². The lowest BCUT2D eigenvalue weighted by Gasteiger charge is -2.20. The van der Waals surface area contributed by atoms with Gasteiger partial charge in [0.2, 0.25) is 0 Å². The Labute approximate surface area is 220 Å². The van der Waals surface area contributed by atoms with Crippen molar-refractivity contribution in [1.29, 1.82) is 0 Å². The molecule has 0 atom stereocenters. The number of ketones is 2. The first-order chi connectivity index (χ1) is 18.6. The van der Waals surface area contributed by atoms with E-state index in [9.17, 15) is 9.59 Å². The molecule has 2 aliphatic rings. The van der Waals surface area contributed by atoms with E-state index in [2.05, 4.69) is 12.1 Å². The van der Waals surface area contributed by atoms with Crippen molar-refractivity contribution in [3.05, 3.63) is 154 Å². The Morgan fingerprint density at radius 1 is 0.421 bits per heavy atom. The normalized spacial score (nSPS) is 12.6. The molecule has 4 nitrogen and oxygen atoms in total. The van der Waals surface area contributed by atoms with E-state index in [1.165, 1.54) is 0 Å². The highest BCUT2D eigenvalue weighted by atomic mass is 16.5. The second kappa shape index (κ2) is 8.86. The number of hydrogen-bond acceptors (Lipinski definition) is 4. The summed E-state index contributed by atoms with van der Waals surface area (Å²) >= 11 is 0. The van der Waals surface area contributed by atoms with Gasteiger partial charge in [-0.05, 0) is 46.5 Å². The third-order valence-corrected chi connectivity index (χ3v) is 7.21. The molecule has 0 radical (unpaired) electrons. The fraction of sp³-hybridized carbons (Fsp3) is 0.0588. The van der Waals surface area contributed by atoms with Gasteiger partial charge >= 0.3 is 0 Å². The summed E-state index contributed by atoms with van der Waals surface area (Å²) in [5.74, 6) is 2.83. The van der Waals surface area contributed by atoms with E-state index >= 15 is 0 Å². The molecule has 5 aromatic rings. The highest BCUT2D eigenvalue weighted by molar-refractivity contribution is 6.12. The number of rotatable bonds is 4. The second-order valence-corrected chi connectivity index (χ2v) is 9.65. The van der Waals surface area contributed by atoms with E-state index in [0.29, 0.717) is 33.8 Å². The average molecular weight is 495 g/mol. The first kappa shape index (κ1) is 22.3. The summed E-state index contributed by atoms with van der Waals surface area (Å²) in [6, 6.07) is 33.9. The van der Waals surface area contributed by atoms with Gasteiger partial charge in [-0.1, -0.05) is 84.9 Å². The monoisotopic (exact) mass is 494 g/mol. The Kier molecular flexibility index (Phi) is 5.19. The van der Waals surface area contributed by atoms with Crippen LogP contribution in [-0.2, 0) is 12.8 Å². The summed E-state index contributed by atoms with van der Waals surface area (Å²) in [6.07, 6.45) is 1.55. The van der Waals surface area contributed by atoms with Gasteiger partial charge in [0.15, 0.2) is 11.6 Å². The van der Waals surface area contributed by atoms with Crippen molar-refractivity contribution < 1.29 is 19.1 Å². The molecular weight excluding hydrogens is 472 g/mol. The third-order valence-electron chi connectivity index (χ3n) is 7.21. The number of para-hydroxylation sites is 2. The molecule has 0 saturated heterocycles. The Hall–Kier alpha value is -4.96. The summed E-state index contributed by atoms with van der Waals surface area (Å²) in [5, 5.41) is 0. The van der Waals surface area contributed by atoms with Crippen molar-refractivity contribution in [1.82, 2.24) is 0 Å². The Balaban J connectivity index is 1.10. The zero-order valence-electron chi connectivity index (χ0n) is 20.4. The van der Waals surface area contributed by atoms with Crippen molar-refractivity contribution >= 4 is 11.6 Å². The highest BCUT2D eigenvalue weighted by Crippen LogP contribution is 2.38. The molecular formula is C34H22O4. The Morgan fingerprint density at radius 2 is 0.789 bits per heavy atom. The maximum Gasteiger partial charge on any atom is 0.193 e. The van der Waals surface area contributed by atoms with E-state index < -0.39 is 0 Å². The van der Waals surface area contributed by atoms with Gasteiger partial charge in [0.05, 0.1) is 0 Å². The van der Waals surface area contributed by atoms with Crippen LogP contribution in [0.5, 0.6) is 23.0 Å². The molecule has 0 N–H and O–H groups in total. The molecule has 0 saturated carbocycles. The molecule has 0 aromatic heterocycles. The molecule has 0 spiro atoms. The lowest BCUT2D eigenvalue weighted by atomic mass is 9.94. The van der Waals surface area contributed by atoms with Crippen molar-refractivity contribution in [3.8, 4) is 23.0 Å². The summed E-state index contributed by atoms with van der Waals surface area (Å²) in [5.41, 5.74) is 6.51. The van der Waals surface area contributed by atoms with Crippen LogP contribution in [0.1, 0.15) is 54.1 Å². The largest absolute Gasteiger partial charge is 0.457 e. The second-order valence-electron chi connectivity index (χ2n) is 9.65. The van der Waals surface area contributed by atoms with Crippen LogP contribution in [0.15, 0.2) is 109 Å². The zero-order chi connectivity index (χ0) is 25.6.